The van der Waals surface area contributed by atoms with Crippen LogP contribution in [0.25, 0.3) is 0 Å². The van der Waals surface area contributed by atoms with Crippen molar-refractivity contribution in [2.75, 3.05) is 20.0 Å². The van der Waals surface area contributed by atoms with Gasteiger partial charge in [-0.25, -0.2) is 18.4 Å². The zero-order chi connectivity index (χ0) is 15.9. The van der Waals surface area contributed by atoms with Crippen molar-refractivity contribution >= 4 is 25.4 Å². The van der Waals surface area contributed by atoms with Gasteiger partial charge in [0, 0.05) is 22.8 Å². The fourth-order valence-corrected chi connectivity index (χ4v) is 1.83. The molecule has 0 radical (unpaired) electrons. The molecular weight excluding hydrogens is 318 g/mol. The molecule has 0 aliphatic heterocycles. The summed E-state index contributed by atoms with van der Waals surface area (Å²) in [5, 5.41) is 0. The van der Waals surface area contributed by atoms with E-state index in [9.17, 15) is 8.42 Å². The maximum Gasteiger partial charge on any atom is 0.262 e. The predicted molar refractivity (Wildman–Crippen MR) is 79.0 cm³/mol. The van der Waals surface area contributed by atoms with Crippen LogP contribution in [0.2, 0.25) is 0 Å². The first-order valence-corrected chi connectivity index (χ1v) is 7.88. The molecule has 2 rings (SSSR count). The topological polar surface area (TPSA) is 104 Å². The molecule has 0 aromatic carbocycles. The van der Waals surface area contributed by atoms with E-state index in [2.05, 4.69) is 9.97 Å². The van der Waals surface area contributed by atoms with Crippen molar-refractivity contribution in [2.24, 2.45) is 0 Å². The number of halogens is 1. The highest BCUT2D eigenvalue weighted by atomic mass is 35.7. The van der Waals surface area contributed by atoms with Gasteiger partial charge in [0.15, 0.2) is 0 Å². The van der Waals surface area contributed by atoms with Crippen LogP contribution in [-0.4, -0.2) is 32.6 Å². The average molecular weight is 332 g/mol. The van der Waals surface area contributed by atoms with Gasteiger partial charge in [0.25, 0.3) is 9.05 Å². The van der Waals surface area contributed by atoms with Gasteiger partial charge in [-0.1, -0.05) is 0 Å². The van der Waals surface area contributed by atoms with E-state index in [1.54, 1.807) is 25.4 Å². The molecule has 2 N–H and O–H groups in total. The predicted octanol–water partition coefficient (Wildman–Crippen LogP) is 1.69. The molecule has 9 heteroatoms. The number of rotatable bonds is 3. The summed E-state index contributed by atoms with van der Waals surface area (Å²) in [5.41, 5.74) is 6.01. The molecule has 21 heavy (non-hydrogen) atoms. The molecular formula is C12H14ClN3O4S. The van der Waals surface area contributed by atoms with Gasteiger partial charge in [-0.05, 0) is 12.1 Å². The molecule has 0 amide bonds. The van der Waals surface area contributed by atoms with Crippen molar-refractivity contribution in [1.82, 2.24) is 9.97 Å². The second-order valence-electron chi connectivity index (χ2n) is 3.61. The Morgan fingerprint density at radius 3 is 1.86 bits per heavy atom. The maximum absolute atomic E-state index is 10.7. The molecule has 2 heterocycles. The number of nitrogens with zero attached hydrogens (tertiary/aromatic N) is 2. The van der Waals surface area contributed by atoms with Gasteiger partial charge in [0.05, 0.1) is 32.3 Å². The van der Waals surface area contributed by atoms with Crippen molar-refractivity contribution in [3.8, 4) is 11.8 Å². The molecule has 0 saturated heterocycles. The first-order chi connectivity index (χ1) is 9.86. The summed E-state index contributed by atoms with van der Waals surface area (Å²) in [4.78, 5) is 7.49. The van der Waals surface area contributed by atoms with Crippen LogP contribution in [0.15, 0.2) is 41.6 Å². The Labute approximate surface area is 127 Å². The van der Waals surface area contributed by atoms with Crippen molar-refractivity contribution in [3.63, 3.8) is 0 Å². The first kappa shape index (κ1) is 17.0. The van der Waals surface area contributed by atoms with Gasteiger partial charge in [0.2, 0.25) is 11.8 Å². The smallest absolute Gasteiger partial charge is 0.262 e. The molecule has 7 nitrogen and oxygen atoms in total. The molecule has 0 bridgehead atoms. The SMILES string of the molecule is COc1ccc(N)cn1.COc1ccc(S(=O)(=O)Cl)cn1. The highest BCUT2D eigenvalue weighted by Crippen LogP contribution is 2.15. The van der Waals surface area contributed by atoms with E-state index in [0.717, 1.165) is 6.20 Å². The Bertz CT molecular complexity index is 660. The summed E-state index contributed by atoms with van der Waals surface area (Å²) >= 11 is 0. The van der Waals surface area contributed by atoms with Crippen LogP contribution < -0.4 is 15.2 Å². The number of nitrogens with two attached hydrogens (primary N) is 1. The van der Waals surface area contributed by atoms with Crippen molar-refractivity contribution in [3.05, 3.63) is 36.7 Å². The number of nitrogen functional groups attached to an aromatic ring is 1. The summed E-state index contributed by atoms with van der Waals surface area (Å²) < 4.78 is 31.0. The quantitative estimate of drug-likeness (QED) is 0.853. The lowest BCUT2D eigenvalue weighted by atomic mass is 10.4. The average Bonchev–Trinajstić information content (AvgIpc) is 2.48. The summed E-state index contributed by atoms with van der Waals surface area (Å²) in [6.07, 6.45) is 2.69. The van der Waals surface area contributed by atoms with Gasteiger partial charge in [-0.3, -0.25) is 0 Å². The van der Waals surface area contributed by atoms with Crippen LogP contribution in [0, 0.1) is 0 Å². The van der Waals surface area contributed by atoms with Gasteiger partial charge in [0.1, 0.15) is 4.90 Å². The van der Waals surface area contributed by atoms with E-state index in [0.29, 0.717) is 17.4 Å². The third-order valence-corrected chi connectivity index (χ3v) is 3.51. The first-order valence-electron chi connectivity index (χ1n) is 5.57. The molecule has 0 fully saturated rings. The van der Waals surface area contributed by atoms with E-state index in [4.69, 9.17) is 25.9 Å². The molecule has 0 saturated carbocycles. The Morgan fingerprint density at radius 2 is 1.52 bits per heavy atom. The molecule has 0 aliphatic carbocycles. The molecule has 0 aliphatic rings. The molecule has 2 aromatic rings. The van der Waals surface area contributed by atoms with Crippen LogP contribution in [0.5, 0.6) is 11.8 Å². The molecule has 0 unspecified atom stereocenters. The van der Waals surface area contributed by atoms with E-state index >= 15 is 0 Å². The zero-order valence-electron chi connectivity index (χ0n) is 11.4. The third kappa shape index (κ3) is 5.84. The number of pyridine rings is 2. The summed E-state index contributed by atoms with van der Waals surface area (Å²) in [6, 6.07) is 6.21. The summed E-state index contributed by atoms with van der Waals surface area (Å²) in [5.74, 6) is 0.934. The fraction of sp³-hybridized carbons (Fsp3) is 0.167. The molecule has 2 aromatic heterocycles. The van der Waals surface area contributed by atoms with Crippen molar-refractivity contribution < 1.29 is 17.9 Å². The monoisotopic (exact) mass is 331 g/mol. The lowest BCUT2D eigenvalue weighted by molar-refractivity contribution is 0.397. The number of aromatic nitrogens is 2. The van der Waals surface area contributed by atoms with E-state index < -0.39 is 9.05 Å². The summed E-state index contributed by atoms with van der Waals surface area (Å²) in [7, 11) is 4.38. The Balaban J connectivity index is 0.000000219. The lowest BCUT2D eigenvalue weighted by Crippen LogP contribution is -1.93. The number of methoxy groups -OCH3 is 2. The van der Waals surface area contributed by atoms with Crippen molar-refractivity contribution in [1.29, 1.82) is 0 Å². The highest BCUT2D eigenvalue weighted by molar-refractivity contribution is 8.13. The minimum atomic E-state index is -3.67. The third-order valence-electron chi connectivity index (χ3n) is 2.17. The van der Waals surface area contributed by atoms with Crippen molar-refractivity contribution in [2.45, 2.75) is 4.90 Å². The minimum absolute atomic E-state index is 0.0371. The van der Waals surface area contributed by atoms with E-state index in [1.165, 1.54) is 19.2 Å². The number of ether oxygens (including phenoxy) is 2. The Kier molecular flexibility index (Phi) is 6.19. The van der Waals surface area contributed by atoms with Gasteiger partial charge < -0.3 is 15.2 Å². The Hall–Kier alpha value is -2.06. The van der Waals surface area contributed by atoms with Gasteiger partial charge >= 0.3 is 0 Å². The largest absolute Gasteiger partial charge is 0.481 e. The molecule has 0 atom stereocenters. The van der Waals surface area contributed by atoms with Crippen LogP contribution in [0.1, 0.15) is 0 Å². The second kappa shape index (κ2) is 7.65. The van der Waals surface area contributed by atoms with E-state index in [1.807, 2.05) is 0 Å². The van der Waals surface area contributed by atoms with Crippen LogP contribution in [0.3, 0.4) is 0 Å². The zero-order valence-corrected chi connectivity index (χ0v) is 12.9. The number of hydrogen-bond donors (Lipinski definition) is 1. The van der Waals surface area contributed by atoms with E-state index in [-0.39, 0.29) is 4.90 Å². The van der Waals surface area contributed by atoms with Gasteiger partial charge in [-0.15, -0.1) is 0 Å². The number of anilines is 1. The fourth-order valence-electron chi connectivity index (χ4n) is 1.14. The Morgan fingerprint density at radius 1 is 1.00 bits per heavy atom. The normalized spacial score (nSPS) is 10.2. The van der Waals surface area contributed by atoms with Crippen LogP contribution in [-0.2, 0) is 9.05 Å². The van der Waals surface area contributed by atoms with Crippen LogP contribution >= 0.6 is 10.7 Å². The molecule has 0 spiro atoms. The molecule has 114 valence electrons. The maximum atomic E-state index is 10.7. The highest BCUT2D eigenvalue weighted by Gasteiger charge is 2.09. The summed E-state index contributed by atoms with van der Waals surface area (Å²) in [6.45, 7) is 0. The minimum Gasteiger partial charge on any atom is -0.481 e. The van der Waals surface area contributed by atoms with Crippen LogP contribution in [0.4, 0.5) is 5.69 Å². The van der Waals surface area contributed by atoms with Gasteiger partial charge in [-0.2, -0.15) is 0 Å². The second-order valence-corrected chi connectivity index (χ2v) is 6.17. The number of hydrogen-bond acceptors (Lipinski definition) is 7. The lowest BCUT2D eigenvalue weighted by Gasteiger charge is -1.97. The standard InChI is InChI=1S/C6H6ClNO3S.C6H8N2O/c1-11-6-3-2-5(4-8-6)12(7,9)10;1-9-6-3-2-5(7)4-8-6/h2-4H,1H3;2-4H,7H2,1H3.